The van der Waals surface area contributed by atoms with E-state index in [2.05, 4.69) is 0 Å². The topological polar surface area (TPSA) is 43.1 Å². The molecule has 0 atom stereocenters. The van der Waals surface area contributed by atoms with Gasteiger partial charge in [-0.25, -0.2) is 0 Å². The summed E-state index contributed by atoms with van der Waals surface area (Å²) in [6.45, 7) is 5.71. The predicted molar refractivity (Wildman–Crippen MR) is 31.1 cm³/mol. The summed E-state index contributed by atoms with van der Waals surface area (Å²) < 4.78 is 0. The molecule has 0 aliphatic heterocycles. The van der Waals surface area contributed by atoms with Crippen molar-refractivity contribution in [1.29, 1.82) is 0 Å². The summed E-state index contributed by atoms with van der Waals surface area (Å²) in [5.74, 6) is 0.167. The molecule has 0 aliphatic carbocycles. The number of ketones is 1. The molecule has 0 rings (SSSR count). The van der Waals surface area contributed by atoms with Gasteiger partial charge in [0.05, 0.1) is 0 Å². The number of nitrogens with two attached hydrogens (primary N) is 1. The van der Waals surface area contributed by atoms with E-state index in [-0.39, 0.29) is 5.78 Å². The zero-order valence-corrected chi connectivity index (χ0v) is 5.19. The van der Waals surface area contributed by atoms with Crippen molar-refractivity contribution < 1.29 is 4.79 Å². The fourth-order valence-corrected chi connectivity index (χ4v) is 0. The maximum atomic E-state index is 9.44. The molecule has 2 heteroatoms. The second-order valence-electron chi connectivity index (χ2n) is 1.32. The van der Waals surface area contributed by atoms with Gasteiger partial charge >= 0.3 is 0 Å². The van der Waals surface area contributed by atoms with Gasteiger partial charge < -0.3 is 10.5 Å². The number of carbonyl (C=O) groups excluding carboxylic acids is 1. The molecule has 0 aliphatic rings. The highest BCUT2D eigenvalue weighted by Crippen LogP contribution is 1.50. The SMILES string of the molecule is CC(C)=O.CCN. The lowest BCUT2D eigenvalue weighted by Crippen LogP contribution is -1.87. The van der Waals surface area contributed by atoms with Gasteiger partial charge in [0.2, 0.25) is 0 Å². The Balaban J connectivity index is 0. The minimum absolute atomic E-state index is 0.167. The fourth-order valence-electron chi connectivity index (χ4n) is 0. The van der Waals surface area contributed by atoms with Crippen LogP contribution in [0.15, 0.2) is 0 Å². The van der Waals surface area contributed by atoms with Crippen LogP contribution in [0.1, 0.15) is 20.8 Å². The Hall–Kier alpha value is -0.370. The Bertz CT molecular complexity index is 39.3. The minimum Gasteiger partial charge on any atom is -0.331 e. The van der Waals surface area contributed by atoms with E-state index in [4.69, 9.17) is 5.73 Å². The number of hydrogen-bond acceptors (Lipinski definition) is 2. The molecule has 0 unspecified atom stereocenters. The molecule has 0 radical (unpaired) electrons. The van der Waals surface area contributed by atoms with Crippen molar-refractivity contribution in [2.24, 2.45) is 5.73 Å². The number of Topliss-reactive ketones (excluding diaryl/α,β-unsaturated/α-hetero) is 1. The first-order valence-electron chi connectivity index (χ1n) is 2.32. The lowest BCUT2D eigenvalue weighted by molar-refractivity contribution is -0.114. The highest BCUT2D eigenvalue weighted by Gasteiger charge is 1.62. The molecule has 44 valence electrons. The molecule has 2 N–H and O–H groups in total. The summed E-state index contributed by atoms with van der Waals surface area (Å²) in [4.78, 5) is 9.44. The van der Waals surface area contributed by atoms with Crippen LogP contribution < -0.4 is 5.73 Å². The zero-order chi connectivity index (χ0) is 6.28. The van der Waals surface area contributed by atoms with E-state index < -0.39 is 0 Å². The molecule has 0 bridgehead atoms. The Labute approximate surface area is 44.7 Å². The largest absolute Gasteiger partial charge is 0.331 e. The Morgan fingerprint density at radius 1 is 1.57 bits per heavy atom. The maximum absolute atomic E-state index is 9.44. The number of rotatable bonds is 0. The lowest BCUT2D eigenvalue weighted by atomic mass is 10.6. The van der Waals surface area contributed by atoms with Gasteiger partial charge in [-0.15, -0.1) is 0 Å². The Morgan fingerprint density at radius 2 is 1.57 bits per heavy atom. The van der Waals surface area contributed by atoms with Crippen molar-refractivity contribution in [2.45, 2.75) is 20.8 Å². The standard InChI is InChI=1S/C3H6O.C2H7N/c1-3(2)4;1-2-3/h1-2H3;2-3H2,1H3. The first kappa shape index (κ1) is 9.80. The van der Waals surface area contributed by atoms with Crippen molar-refractivity contribution in [3.05, 3.63) is 0 Å². The van der Waals surface area contributed by atoms with Gasteiger partial charge in [0.25, 0.3) is 0 Å². The molecule has 0 spiro atoms. The van der Waals surface area contributed by atoms with Crippen LogP contribution in [-0.2, 0) is 4.79 Å². The molecule has 0 amide bonds. The van der Waals surface area contributed by atoms with E-state index in [0.717, 1.165) is 6.54 Å². The summed E-state index contributed by atoms with van der Waals surface area (Å²) >= 11 is 0. The average Bonchev–Trinajstić information content (AvgIpc) is 1.33. The molecule has 2 nitrogen and oxygen atoms in total. The van der Waals surface area contributed by atoms with Crippen LogP contribution in [0.4, 0.5) is 0 Å². The smallest absolute Gasteiger partial charge is 0.126 e. The highest BCUT2D eigenvalue weighted by molar-refractivity contribution is 5.72. The van der Waals surface area contributed by atoms with Gasteiger partial charge in [-0.2, -0.15) is 0 Å². The highest BCUT2D eigenvalue weighted by atomic mass is 16.1. The van der Waals surface area contributed by atoms with E-state index in [0.29, 0.717) is 0 Å². The summed E-state index contributed by atoms with van der Waals surface area (Å²) in [5, 5.41) is 0. The van der Waals surface area contributed by atoms with Crippen LogP contribution in [0.3, 0.4) is 0 Å². The van der Waals surface area contributed by atoms with Crippen molar-refractivity contribution in [2.75, 3.05) is 6.54 Å². The van der Waals surface area contributed by atoms with Crippen LogP contribution in [0, 0.1) is 0 Å². The molecule has 0 aromatic heterocycles. The fraction of sp³-hybridized carbons (Fsp3) is 0.800. The van der Waals surface area contributed by atoms with Gasteiger partial charge in [-0.1, -0.05) is 6.92 Å². The van der Waals surface area contributed by atoms with E-state index >= 15 is 0 Å². The third kappa shape index (κ3) is 542. The van der Waals surface area contributed by atoms with Crippen LogP contribution in [0.5, 0.6) is 0 Å². The molecule has 0 fully saturated rings. The second-order valence-corrected chi connectivity index (χ2v) is 1.32. The van der Waals surface area contributed by atoms with Crippen LogP contribution in [-0.4, -0.2) is 12.3 Å². The summed E-state index contributed by atoms with van der Waals surface area (Å²) in [5.41, 5.74) is 4.85. The Morgan fingerprint density at radius 3 is 1.57 bits per heavy atom. The van der Waals surface area contributed by atoms with Crippen molar-refractivity contribution in [3.63, 3.8) is 0 Å². The van der Waals surface area contributed by atoms with Crippen LogP contribution in [0.25, 0.3) is 0 Å². The van der Waals surface area contributed by atoms with E-state index in [1.54, 1.807) is 0 Å². The number of hydrogen-bond donors (Lipinski definition) is 1. The van der Waals surface area contributed by atoms with Crippen LogP contribution >= 0.6 is 0 Å². The zero-order valence-electron chi connectivity index (χ0n) is 5.19. The third-order valence-corrected chi connectivity index (χ3v) is 0. The normalized spacial score (nSPS) is 6.29. The molecule has 7 heavy (non-hydrogen) atoms. The summed E-state index contributed by atoms with van der Waals surface area (Å²) in [6, 6.07) is 0. The van der Waals surface area contributed by atoms with Crippen LogP contribution in [0.2, 0.25) is 0 Å². The van der Waals surface area contributed by atoms with Gasteiger partial charge in [-0.3, -0.25) is 0 Å². The molecule has 0 saturated heterocycles. The molecule has 0 heterocycles. The predicted octanol–water partition coefficient (Wildman–Crippen LogP) is 0.560. The molecular weight excluding hydrogens is 90.1 g/mol. The minimum atomic E-state index is 0.167. The van der Waals surface area contributed by atoms with Crippen molar-refractivity contribution in [3.8, 4) is 0 Å². The number of carbonyl (C=O) groups is 1. The molecular formula is C5H13NO. The van der Waals surface area contributed by atoms with Gasteiger partial charge in [0.1, 0.15) is 5.78 Å². The monoisotopic (exact) mass is 103 g/mol. The van der Waals surface area contributed by atoms with Crippen molar-refractivity contribution in [1.82, 2.24) is 0 Å². The molecule has 0 saturated carbocycles. The Kier molecular flexibility index (Phi) is 12.8. The van der Waals surface area contributed by atoms with Gasteiger partial charge in [0.15, 0.2) is 0 Å². The second kappa shape index (κ2) is 9.16. The first-order chi connectivity index (χ1) is 3.15. The molecule has 0 aromatic carbocycles. The quantitative estimate of drug-likeness (QED) is 0.486. The third-order valence-electron chi connectivity index (χ3n) is 0. The summed E-state index contributed by atoms with van der Waals surface area (Å²) in [7, 11) is 0. The maximum Gasteiger partial charge on any atom is 0.126 e. The van der Waals surface area contributed by atoms with Crippen molar-refractivity contribution >= 4 is 5.78 Å². The first-order valence-corrected chi connectivity index (χ1v) is 2.32. The molecule has 0 aromatic rings. The van der Waals surface area contributed by atoms with E-state index in [1.807, 2.05) is 6.92 Å². The van der Waals surface area contributed by atoms with Gasteiger partial charge in [-0.05, 0) is 20.4 Å². The van der Waals surface area contributed by atoms with E-state index in [9.17, 15) is 4.79 Å². The average molecular weight is 103 g/mol. The summed E-state index contributed by atoms with van der Waals surface area (Å²) in [6.07, 6.45) is 0. The lowest BCUT2D eigenvalue weighted by Gasteiger charge is -1.56. The van der Waals surface area contributed by atoms with Gasteiger partial charge in [0, 0.05) is 0 Å². The van der Waals surface area contributed by atoms with E-state index in [1.165, 1.54) is 13.8 Å².